The van der Waals surface area contributed by atoms with Gasteiger partial charge in [0.15, 0.2) is 0 Å². The summed E-state index contributed by atoms with van der Waals surface area (Å²) >= 11 is 0. The minimum Gasteiger partial charge on any atom is -0.264 e. The number of nitrogens with one attached hydrogen (secondary N) is 2. The van der Waals surface area contributed by atoms with Gasteiger partial charge in [-0.05, 0) is 12.8 Å². The van der Waals surface area contributed by atoms with Crippen molar-refractivity contribution in [3.05, 3.63) is 0 Å². The Hall–Kier alpha value is -0.210. The SMILES string of the molecule is CCCCCCCCCCCCNNCCCCCCCCCCCC.O=S(=O)(O)O. The van der Waals surface area contributed by atoms with Crippen LogP contribution in [0.4, 0.5) is 0 Å². The van der Waals surface area contributed by atoms with Crippen molar-refractivity contribution in [3.8, 4) is 0 Å². The highest BCUT2D eigenvalue weighted by atomic mass is 32.3. The van der Waals surface area contributed by atoms with Crippen LogP contribution >= 0.6 is 0 Å². The first-order valence-corrected chi connectivity index (χ1v) is 14.5. The average Bonchev–Trinajstić information content (AvgIpc) is 2.70. The van der Waals surface area contributed by atoms with E-state index in [9.17, 15) is 0 Å². The molecule has 0 radical (unpaired) electrons. The molecule has 0 amide bonds. The van der Waals surface area contributed by atoms with Crippen molar-refractivity contribution in [1.29, 1.82) is 0 Å². The summed E-state index contributed by atoms with van der Waals surface area (Å²) in [6, 6.07) is 0. The number of hydrogen-bond acceptors (Lipinski definition) is 4. The molecule has 0 unspecified atom stereocenters. The molecule has 0 atom stereocenters. The number of unbranched alkanes of at least 4 members (excludes halogenated alkanes) is 18. The summed E-state index contributed by atoms with van der Waals surface area (Å²) in [7, 11) is -4.67. The molecule has 6 nitrogen and oxygen atoms in total. The number of hydrogen-bond donors (Lipinski definition) is 4. The van der Waals surface area contributed by atoms with Crippen LogP contribution in [0.3, 0.4) is 0 Å². The molecule has 0 aliphatic carbocycles. The van der Waals surface area contributed by atoms with E-state index >= 15 is 0 Å². The highest BCUT2D eigenvalue weighted by molar-refractivity contribution is 7.79. The fraction of sp³-hybridized carbons (Fsp3) is 1.00. The third-order valence-corrected chi connectivity index (χ3v) is 5.44. The van der Waals surface area contributed by atoms with Crippen LogP contribution in [-0.4, -0.2) is 30.6 Å². The molecule has 0 aromatic heterocycles. The van der Waals surface area contributed by atoms with Crippen LogP contribution < -0.4 is 10.9 Å². The second-order valence-electron chi connectivity index (χ2n) is 8.67. The molecule has 31 heavy (non-hydrogen) atoms. The van der Waals surface area contributed by atoms with E-state index in [1.807, 2.05) is 0 Å². The molecule has 4 N–H and O–H groups in total. The van der Waals surface area contributed by atoms with Crippen molar-refractivity contribution in [3.63, 3.8) is 0 Å². The smallest absolute Gasteiger partial charge is 0.264 e. The van der Waals surface area contributed by atoms with Gasteiger partial charge in [0.05, 0.1) is 0 Å². The van der Waals surface area contributed by atoms with Crippen LogP contribution in [-0.2, 0) is 10.4 Å². The summed E-state index contributed by atoms with van der Waals surface area (Å²) in [6.07, 6.45) is 28.4. The van der Waals surface area contributed by atoms with Crippen LogP contribution in [0, 0.1) is 0 Å². The zero-order chi connectivity index (χ0) is 23.5. The predicted octanol–water partition coefficient (Wildman–Crippen LogP) is 7.27. The van der Waals surface area contributed by atoms with Gasteiger partial charge in [0.25, 0.3) is 0 Å². The van der Waals surface area contributed by atoms with E-state index in [1.54, 1.807) is 0 Å². The quantitative estimate of drug-likeness (QED) is 0.0718. The first kappa shape index (κ1) is 33.0. The van der Waals surface area contributed by atoms with E-state index in [4.69, 9.17) is 17.5 Å². The molecule has 0 bridgehead atoms. The fourth-order valence-corrected chi connectivity index (χ4v) is 3.58. The molecule has 0 fully saturated rings. The molecule has 0 heterocycles. The van der Waals surface area contributed by atoms with Crippen molar-refractivity contribution in [1.82, 2.24) is 10.9 Å². The molecular formula is C24H54N2O4S. The topological polar surface area (TPSA) is 98.7 Å². The van der Waals surface area contributed by atoms with Gasteiger partial charge in [0, 0.05) is 13.1 Å². The highest BCUT2D eigenvalue weighted by Gasteiger charge is 1.94. The molecule has 0 aliphatic rings. The van der Waals surface area contributed by atoms with Gasteiger partial charge in [-0.2, -0.15) is 8.42 Å². The summed E-state index contributed by atoms with van der Waals surface area (Å²) in [6.45, 7) is 6.85. The lowest BCUT2D eigenvalue weighted by Crippen LogP contribution is -2.33. The van der Waals surface area contributed by atoms with Crippen molar-refractivity contribution < 1.29 is 17.5 Å². The fourth-order valence-electron chi connectivity index (χ4n) is 3.58. The monoisotopic (exact) mass is 466 g/mol. The lowest BCUT2D eigenvalue weighted by atomic mass is 10.1. The standard InChI is InChI=1S/C24H52N2.H2O4S/c1-3-5-7-9-11-13-15-17-19-21-23-25-26-24-22-20-18-16-14-12-10-8-6-4-2;1-5(2,3)4/h25-26H,3-24H2,1-2H3;(H2,1,2,3,4). The molecule has 7 heteroatoms. The molecule has 0 rings (SSSR count). The van der Waals surface area contributed by atoms with Crippen LogP contribution in [0.2, 0.25) is 0 Å². The lowest BCUT2D eigenvalue weighted by Gasteiger charge is -2.07. The summed E-state index contributed by atoms with van der Waals surface area (Å²) < 4.78 is 31.6. The Balaban J connectivity index is 0. The third kappa shape index (κ3) is 44.3. The number of rotatable bonds is 23. The van der Waals surface area contributed by atoms with Gasteiger partial charge in [-0.1, -0.05) is 129 Å². The Labute approximate surface area is 194 Å². The molecule has 0 aromatic rings. The molecule has 0 saturated carbocycles. The van der Waals surface area contributed by atoms with E-state index in [0.29, 0.717) is 0 Å². The van der Waals surface area contributed by atoms with Crippen LogP contribution in [0.1, 0.15) is 142 Å². The summed E-state index contributed by atoms with van der Waals surface area (Å²) in [5.41, 5.74) is 6.78. The second kappa shape index (κ2) is 27.8. The van der Waals surface area contributed by atoms with Crippen molar-refractivity contribution in [2.75, 3.05) is 13.1 Å². The average molecular weight is 467 g/mol. The first-order valence-electron chi connectivity index (χ1n) is 13.1. The van der Waals surface area contributed by atoms with Crippen LogP contribution in [0.5, 0.6) is 0 Å². The number of hydrazine groups is 1. The van der Waals surface area contributed by atoms with E-state index in [1.165, 1.54) is 128 Å². The third-order valence-electron chi connectivity index (χ3n) is 5.44. The van der Waals surface area contributed by atoms with Crippen LogP contribution in [0.25, 0.3) is 0 Å². The molecule has 0 aromatic carbocycles. The van der Waals surface area contributed by atoms with Crippen molar-refractivity contribution in [2.24, 2.45) is 0 Å². The molecule has 0 aliphatic heterocycles. The maximum absolute atomic E-state index is 8.74. The Bertz CT molecular complexity index is 388. The molecule has 0 saturated heterocycles. The Morgan fingerprint density at radius 3 is 0.871 bits per heavy atom. The van der Waals surface area contributed by atoms with Gasteiger partial charge >= 0.3 is 10.4 Å². The lowest BCUT2D eigenvalue weighted by molar-refractivity contribution is 0.381. The Morgan fingerprint density at radius 1 is 0.452 bits per heavy atom. The molecular weight excluding hydrogens is 412 g/mol. The Kier molecular flexibility index (Phi) is 29.6. The summed E-state index contributed by atoms with van der Waals surface area (Å²) in [5.74, 6) is 0. The van der Waals surface area contributed by atoms with Gasteiger partial charge < -0.3 is 0 Å². The summed E-state index contributed by atoms with van der Waals surface area (Å²) in [4.78, 5) is 0. The van der Waals surface area contributed by atoms with Gasteiger partial charge in [-0.15, -0.1) is 0 Å². The zero-order valence-electron chi connectivity index (χ0n) is 20.7. The van der Waals surface area contributed by atoms with E-state index < -0.39 is 10.4 Å². The minimum atomic E-state index is -4.67. The van der Waals surface area contributed by atoms with E-state index in [-0.39, 0.29) is 0 Å². The van der Waals surface area contributed by atoms with Gasteiger partial charge in [0.1, 0.15) is 0 Å². The summed E-state index contributed by atoms with van der Waals surface area (Å²) in [5, 5.41) is 0. The molecule has 0 spiro atoms. The first-order chi connectivity index (χ1) is 14.9. The van der Waals surface area contributed by atoms with Gasteiger partial charge in [-0.3, -0.25) is 20.0 Å². The normalized spacial score (nSPS) is 11.4. The zero-order valence-corrected chi connectivity index (χ0v) is 21.5. The van der Waals surface area contributed by atoms with E-state index in [2.05, 4.69) is 24.7 Å². The van der Waals surface area contributed by atoms with Gasteiger partial charge in [-0.25, -0.2) is 0 Å². The minimum absolute atomic E-state index is 1.13. The highest BCUT2D eigenvalue weighted by Crippen LogP contribution is 2.11. The second-order valence-corrected chi connectivity index (χ2v) is 9.56. The van der Waals surface area contributed by atoms with Crippen LogP contribution in [0.15, 0.2) is 0 Å². The Morgan fingerprint density at radius 2 is 0.645 bits per heavy atom. The van der Waals surface area contributed by atoms with Gasteiger partial charge in [0.2, 0.25) is 0 Å². The van der Waals surface area contributed by atoms with Crippen molar-refractivity contribution in [2.45, 2.75) is 142 Å². The maximum atomic E-state index is 8.74. The van der Waals surface area contributed by atoms with Crippen molar-refractivity contribution >= 4 is 10.4 Å². The predicted molar refractivity (Wildman–Crippen MR) is 134 cm³/mol. The van der Waals surface area contributed by atoms with E-state index in [0.717, 1.165) is 13.1 Å². The maximum Gasteiger partial charge on any atom is 0.394 e. The largest absolute Gasteiger partial charge is 0.394 e. The molecule has 190 valence electrons.